The second-order valence-electron chi connectivity index (χ2n) is 4.83. The summed E-state index contributed by atoms with van der Waals surface area (Å²) in [6.07, 6.45) is 0. The minimum absolute atomic E-state index is 0.0190. The maximum Gasteiger partial charge on any atom is 0.239 e. The van der Waals surface area contributed by atoms with Crippen molar-refractivity contribution in [3.8, 4) is 0 Å². The van der Waals surface area contributed by atoms with Gasteiger partial charge in [-0.2, -0.15) is 0 Å². The highest BCUT2D eigenvalue weighted by molar-refractivity contribution is 7.89. The highest BCUT2D eigenvalue weighted by Crippen LogP contribution is 2.09. The minimum Gasteiger partial charge on any atom is -0.376 e. The van der Waals surface area contributed by atoms with Crippen LogP contribution in [0.1, 0.15) is 5.56 Å². The minimum atomic E-state index is -3.72. The van der Waals surface area contributed by atoms with Crippen molar-refractivity contribution in [2.75, 3.05) is 11.9 Å². The molecule has 0 aromatic heterocycles. The van der Waals surface area contributed by atoms with E-state index in [4.69, 9.17) is 5.14 Å². The Balaban J connectivity index is 1.81. The Bertz CT molecular complexity index is 775. The molecule has 0 spiro atoms. The van der Waals surface area contributed by atoms with Crippen LogP contribution in [0.3, 0.4) is 0 Å². The highest BCUT2D eigenvalue weighted by atomic mass is 32.2. The van der Waals surface area contributed by atoms with E-state index in [2.05, 4.69) is 10.6 Å². The second kappa shape index (κ2) is 7.21. The molecule has 8 heteroatoms. The summed E-state index contributed by atoms with van der Waals surface area (Å²) in [5.41, 5.74) is 1.38. The number of hydrogen-bond acceptors (Lipinski definition) is 4. The molecule has 122 valence electrons. The van der Waals surface area contributed by atoms with Crippen molar-refractivity contribution in [3.05, 3.63) is 59.9 Å². The van der Waals surface area contributed by atoms with Crippen molar-refractivity contribution >= 4 is 21.6 Å². The van der Waals surface area contributed by atoms with Gasteiger partial charge in [0.2, 0.25) is 15.9 Å². The van der Waals surface area contributed by atoms with Crippen LogP contribution >= 0.6 is 0 Å². The molecular formula is C15H16FN3O3S. The van der Waals surface area contributed by atoms with E-state index >= 15 is 0 Å². The number of benzene rings is 2. The fourth-order valence-corrected chi connectivity index (χ4v) is 2.33. The van der Waals surface area contributed by atoms with Crippen molar-refractivity contribution < 1.29 is 17.6 Å². The lowest BCUT2D eigenvalue weighted by Crippen LogP contribution is -2.29. The zero-order valence-corrected chi connectivity index (χ0v) is 12.9. The first-order chi connectivity index (χ1) is 10.8. The molecule has 2 aromatic carbocycles. The van der Waals surface area contributed by atoms with Crippen LogP contribution in [0.5, 0.6) is 0 Å². The molecule has 0 bridgehead atoms. The molecule has 0 heterocycles. The number of primary sulfonamides is 1. The lowest BCUT2D eigenvalue weighted by Gasteiger charge is -2.08. The van der Waals surface area contributed by atoms with Gasteiger partial charge in [-0.25, -0.2) is 17.9 Å². The standard InChI is InChI=1S/C15H16FN3O3S/c16-12-3-5-13(6-4-12)18-10-15(20)19-9-11-1-7-14(8-2-11)23(17,21)22/h1-8,18H,9-10H2,(H,19,20)(H2,17,21,22). The average Bonchev–Trinajstić information content (AvgIpc) is 2.52. The quantitative estimate of drug-likeness (QED) is 0.737. The van der Waals surface area contributed by atoms with Gasteiger partial charge in [-0.15, -0.1) is 0 Å². The van der Waals surface area contributed by atoms with E-state index < -0.39 is 10.0 Å². The molecule has 23 heavy (non-hydrogen) atoms. The summed E-state index contributed by atoms with van der Waals surface area (Å²) in [6.45, 7) is 0.301. The van der Waals surface area contributed by atoms with E-state index in [1.807, 2.05) is 0 Å². The lowest BCUT2D eigenvalue weighted by molar-refractivity contribution is -0.119. The molecule has 0 radical (unpaired) electrons. The smallest absolute Gasteiger partial charge is 0.239 e. The number of amides is 1. The molecule has 0 aliphatic rings. The molecular weight excluding hydrogens is 321 g/mol. The number of rotatable bonds is 6. The van der Waals surface area contributed by atoms with E-state index in [1.54, 1.807) is 12.1 Å². The molecule has 0 fully saturated rings. The molecule has 0 saturated carbocycles. The van der Waals surface area contributed by atoms with Gasteiger partial charge >= 0.3 is 0 Å². The molecule has 0 saturated heterocycles. The van der Waals surface area contributed by atoms with Gasteiger partial charge in [0.25, 0.3) is 0 Å². The summed E-state index contributed by atoms with van der Waals surface area (Å²) in [7, 11) is -3.72. The van der Waals surface area contributed by atoms with E-state index in [-0.39, 0.29) is 29.7 Å². The second-order valence-corrected chi connectivity index (χ2v) is 6.39. The van der Waals surface area contributed by atoms with Gasteiger partial charge in [-0.3, -0.25) is 4.79 Å². The first kappa shape index (κ1) is 16.9. The molecule has 4 N–H and O–H groups in total. The van der Waals surface area contributed by atoms with Crippen LogP contribution in [0.15, 0.2) is 53.4 Å². The van der Waals surface area contributed by atoms with Gasteiger partial charge in [0.1, 0.15) is 5.82 Å². The Morgan fingerprint density at radius 1 is 1.04 bits per heavy atom. The number of nitrogens with one attached hydrogen (secondary N) is 2. The molecule has 0 atom stereocenters. The topological polar surface area (TPSA) is 101 Å². The maximum atomic E-state index is 12.7. The molecule has 0 aliphatic heterocycles. The normalized spacial score (nSPS) is 11.0. The van der Waals surface area contributed by atoms with E-state index in [9.17, 15) is 17.6 Å². The fourth-order valence-electron chi connectivity index (χ4n) is 1.81. The Morgan fingerprint density at radius 2 is 1.65 bits per heavy atom. The zero-order valence-electron chi connectivity index (χ0n) is 12.1. The number of carbonyl (C=O) groups excluding carboxylic acids is 1. The summed E-state index contributed by atoms with van der Waals surface area (Å²) in [4.78, 5) is 11.7. The Hall–Kier alpha value is -2.45. The third-order valence-electron chi connectivity index (χ3n) is 3.04. The zero-order chi connectivity index (χ0) is 16.9. The van der Waals surface area contributed by atoms with Gasteiger partial charge in [0.05, 0.1) is 11.4 Å². The van der Waals surface area contributed by atoms with Gasteiger partial charge in [-0.05, 0) is 42.0 Å². The van der Waals surface area contributed by atoms with E-state index in [1.165, 1.54) is 36.4 Å². The van der Waals surface area contributed by atoms with Crippen molar-refractivity contribution in [2.24, 2.45) is 5.14 Å². The first-order valence-electron chi connectivity index (χ1n) is 6.72. The van der Waals surface area contributed by atoms with Crippen molar-refractivity contribution in [2.45, 2.75) is 11.4 Å². The van der Waals surface area contributed by atoms with Crippen molar-refractivity contribution in [1.29, 1.82) is 0 Å². The first-order valence-corrected chi connectivity index (χ1v) is 8.27. The largest absolute Gasteiger partial charge is 0.376 e. The molecule has 2 rings (SSSR count). The third-order valence-corrected chi connectivity index (χ3v) is 3.97. The van der Waals surface area contributed by atoms with Crippen LogP contribution < -0.4 is 15.8 Å². The van der Waals surface area contributed by atoms with E-state index in [0.29, 0.717) is 5.69 Å². The Morgan fingerprint density at radius 3 is 2.22 bits per heavy atom. The number of anilines is 1. The van der Waals surface area contributed by atoms with Gasteiger partial charge < -0.3 is 10.6 Å². The van der Waals surface area contributed by atoms with Crippen molar-refractivity contribution in [1.82, 2.24) is 5.32 Å². The van der Waals surface area contributed by atoms with Crippen LogP contribution in [0, 0.1) is 5.82 Å². The average molecular weight is 337 g/mol. The third kappa shape index (κ3) is 5.35. The van der Waals surface area contributed by atoms with Crippen LogP contribution in [0.2, 0.25) is 0 Å². The van der Waals surface area contributed by atoms with Gasteiger partial charge in [0, 0.05) is 12.2 Å². The van der Waals surface area contributed by atoms with Gasteiger partial charge in [0.15, 0.2) is 0 Å². The van der Waals surface area contributed by atoms with Crippen LogP contribution in [0.25, 0.3) is 0 Å². The summed E-state index contributed by atoms with van der Waals surface area (Å²) in [5, 5.41) is 10.5. The Labute approximate surface area is 133 Å². The molecule has 6 nitrogen and oxygen atoms in total. The van der Waals surface area contributed by atoms with Crippen LogP contribution in [-0.2, 0) is 21.4 Å². The summed E-state index contributed by atoms with van der Waals surface area (Å²) in [5.74, 6) is -0.590. The number of sulfonamides is 1. The highest BCUT2D eigenvalue weighted by Gasteiger charge is 2.07. The number of nitrogens with two attached hydrogens (primary N) is 1. The lowest BCUT2D eigenvalue weighted by atomic mass is 10.2. The predicted molar refractivity (Wildman–Crippen MR) is 84.6 cm³/mol. The maximum absolute atomic E-state index is 12.7. The van der Waals surface area contributed by atoms with E-state index in [0.717, 1.165) is 5.56 Å². The summed E-state index contributed by atoms with van der Waals surface area (Å²) >= 11 is 0. The van der Waals surface area contributed by atoms with Gasteiger partial charge in [-0.1, -0.05) is 12.1 Å². The van der Waals surface area contributed by atoms with Crippen LogP contribution in [0.4, 0.5) is 10.1 Å². The number of hydrogen-bond donors (Lipinski definition) is 3. The molecule has 2 aromatic rings. The molecule has 1 amide bonds. The fraction of sp³-hybridized carbons (Fsp3) is 0.133. The SMILES string of the molecule is NS(=O)(=O)c1ccc(CNC(=O)CNc2ccc(F)cc2)cc1. The monoisotopic (exact) mass is 337 g/mol. The Kier molecular flexibility index (Phi) is 5.30. The molecule has 0 aliphatic carbocycles. The number of carbonyl (C=O) groups is 1. The van der Waals surface area contributed by atoms with Crippen LogP contribution in [-0.4, -0.2) is 20.9 Å². The summed E-state index contributed by atoms with van der Waals surface area (Å²) < 4.78 is 35.0. The number of halogens is 1. The predicted octanol–water partition coefficient (Wildman–Crippen LogP) is 1.20. The van der Waals surface area contributed by atoms with Crippen molar-refractivity contribution in [3.63, 3.8) is 0 Å². The summed E-state index contributed by atoms with van der Waals surface area (Å²) in [6, 6.07) is 11.6. The molecule has 0 unspecified atom stereocenters.